The van der Waals surface area contributed by atoms with Crippen LogP contribution in [0, 0.1) is 13.8 Å². The minimum atomic E-state index is -0.537. The lowest BCUT2D eigenvalue weighted by Gasteiger charge is -2.07. The molecule has 0 spiro atoms. The average Bonchev–Trinajstić information content (AvgIpc) is 3.29. The Bertz CT molecular complexity index is 946. The van der Waals surface area contributed by atoms with Crippen molar-refractivity contribution >= 4 is 11.8 Å². The summed E-state index contributed by atoms with van der Waals surface area (Å²) in [4.78, 5) is 24.0. The molecule has 146 valence electrons. The predicted molar refractivity (Wildman–Crippen MR) is 101 cm³/mol. The molecule has 2 amide bonds. The van der Waals surface area contributed by atoms with Crippen molar-refractivity contribution in [2.24, 2.45) is 0 Å². The van der Waals surface area contributed by atoms with Gasteiger partial charge in [-0.2, -0.15) is 5.10 Å². The van der Waals surface area contributed by atoms with Gasteiger partial charge in [-0.25, -0.2) is 0 Å². The summed E-state index contributed by atoms with van der Waals surface area (Å²) in [5.41, 5.74) is 6.59. The van der Waals surface area contributed by atoms with Crippen LogP contribution in [0.25, 0.3) is 0 Å². The van der Waals surface area contributed by atoms with E-state index in [1.54, 1.807) is 10.7 Å². The average molecular weight is 382 g/mol. The number of hydrogen-bond donors (Lipinski definition) is 2. The van der Waals surface area contributed by atoms with Crippen molar-refractivity contribution in [3.05, 3.63) is 71.4 Å². The van der Waals surface area contributed by atoms with Crippen LogP contribution >= 0.6 is 0 Å². The zero-order chi connectivity index (χ0) is 19.9. The fourth-order valence-corrected chi connectivity index (χ4v) is 2.61. The number of carbonyl (C=O) groups excluding carboxylic acids is 2. The first-order valence-corrected chi connectivity index (χ1v) is 8.88. The molecule has 8 nitrogen and oxygen atoms in total. The number of amides is 2. The molecule has 0 bridgehead atoms. The Kier molecular flexibility index (Phi) is 6.11. The van der Waals surface area contributed by atoms with Crippen LogP contribution in [0.5, 0.6) is 5.75 Å². The Morgan fingerprint density at radius 3 is 2.61 bits per heavy atom. The number of hydrogen-bond acceptors (Lipinski definition) is 5. The van der Waals surface area contributed by atoms with Gasteiger partial charge in [-0.15, -0.1) is 0 Å². The molecule has 0 aliphatic heterocycles. The number of ether oxygens (including phenoxy) is 1. The van der Waals surface area contributed by atoms with Gasteiger partial charge in [-0.05, 0) is 44.2 Å². The van der Waals surface area contributed by atoms with Crippen LogP contribution in [0.2, 0.25) is 0 Å². The van der Waals surface area contributed by atoms with Crippen molar-refractivity contribution in [1.29, 1.82) is 0 Å². The van der Waals surface area contributed by atoms with E-state index in [0.29, 0.717) is 18.1 Å². The fraction of sp³-hybridized carbons (Fsp3) is 0.250. The smallest absolute Gasteiger partial charge is 0.305 e. The van der Waals surface area contributed by atoms with Crippen molar-refractivity contribution in [3.8, 4) is 5.75 Å². The number of aryl methyl sites for hydroxylation is 3. The maximum Gasteiger partial charge on any atom is 0.305 e. The molecule has 3 aromatic rings. The molecule has 0 aliphatic carbocycles. The molecule has 0 fully saturated rings. The molecule has 2 heterocycles. The second-order valence-corrected chi connectivity index (χ2v) is 6.27. The van der Waals surface area contributed by atoms with E-state index < -0.39 is 5.91 Å². The number of carbonyl (C=O) groups is 2. The van der Waals surface area contributed by atoms with Gasteiger partial charge in [0, 0.05) is 12.1 Å². The highest BCUT2D eigenvalue weighted by atomic mass is 16.5. The molecule has 0 saturated heterocycles. The molecule has 0 unspecified atom stereocenters. The summed E-state index contributed by atoms with van der Waals surface area (Å²) in [5.74, 6) is 0.445. The van der Waals surface area contributed by atoms with Crippen LogP contribution in [0.15, 0.2) is 52.9 Å². The summed E-state index contributed by atoms with van der Waals surface area (Å²) < 4.78 is 12.8. The first-order chi connectivity index (χ1) is 13.5. The highest BCUT2D eigenvalue weighted by molar-refractivity contribution is 5.92. The quantitative estimate of drug-likeness (QED) is 0.612. The fourth-order valence-electron chi connectivity index (χ4n) is 2.61. The monoisotopic (exact) mass is 382 g/mol. The standard InChI is InChI=1S/C20H22N4O4/c1-14-12-15(2)24(23-14)11-10-19(25)21-22-20(26)18-9-8-17(28-18)13-27-16-6-4-3-5-7-16/h3-9,12H,10-11,13H2,1-2H3,(H,21,25)(H,22,26). The van der Waals surface area contributed by atoms with Gasteiger partial charge in [0.2, 0.25) is 5.91 Å². The van der Waals surface area contributed by atoms with E-state index in [9.17, 15) is 9.59 Å². The lowest BCUT2D eigenvalue weighted by atomic mass is 10.3. The lowest BCUT2D eigenvalue weighted by Crippen LogP contribution is -2.41. The van der Waals surface area contributed by atoms with E-state index in [2.05, 4.69) is 16.0 Å². The van der Waals surface area contributed by atoms with Crippen molar-refractivity contribution < 1.29 is 18.7 Å². The minimum absolute atomic E-state index is 0.0884. The first-order valence-electron chi connectivity index (χ1n) is 8.88. The van der Waals surface area contributed by atoms with E-state index in [0.717, 1.165) is 11.4 Å². The Hall–Kier alpha value is -3.55. The molecule has 0 atom stereocenters. The van der Waals surface area contributed by atoms with Gasteiger partial charge in [0.1, 0.15) is 18.1 Å². The third-order valence-corrected chi connectivity index (χ3v) is 3.98. The maximum atomic E-state index is 12.1. The van der Waals surface area contributed by atoms with E-state index in [4.69, 9.17) is 9.15 Å². The van der Waals surface area contributed by atoms with Gasteiger partial charge in [-0.3, -0.25) is 25.1 Å². The van der Waals surface area contributed by atoms with Gasteiger partial charge >= 0.3 is 5.91 Å². The van der Waals surface area contributed by atoms with Crippen LogP contribution in [-0.2, 0) is 17.9 Å². The molecule has 0 saturated carbocycles. The Balaban J connectivity index is 1.42. The van der Waals surface area contributed by atoms with E-state index in [1.807, 2.05) is 50.2 Å². The Labute approximate surface area is 162 Å². The van der Waals surface area contributed by atoms with Gasteiger partial charge in [-0.1, -0.05) is 18.2 Å². The molecule has 8 heteroatoms. The van der Waals surface area contributed by atoms with Gasteiger partial charge in [0.25, 0.3) is 0 Å². The predicted octanol–water partition coefficient (Wildman–Crippen LogP) is 2.52. The van der Waals surface area contributed by atoms with Crippen molar-refractivity contribution in [3.63, 3.8) is 0 Å². The molecule has 2 N–H and O–H groups in total. The van der Waals surface area contributed by atoms with Crippen LogP contribution < -0.4 is 15.6 Å². The van der Waals surface area contributed by atoms with E-state index >= 15 is 0 Å². The van der Waals surface area contributed by atoms with Crippen molar-refractivity contribution in [1.82, 2.24) is 20.6 Å². The third kappa shape index (κ3) is 5.23. The Morgan fingerprint density at radius 2 is 1.89 bits per heavy atom. The molecule has 0 radical (unpaired) electrons. The summed E-state index contributed by atoms with van der Waals surface area (Å²) in [6, 6.07) is 14.4. The van der Waals surface area contributed by atoms with Gasteiger partial charge < -0.3 is 9.15 Å². The zero-order valence-corrected chi connectivity index (χ0v) is 15.8. The third-order valence-electron chi connectivity index (χ3n) is 3.98. The minimum Gasteiger partial charge on any atom is -0.486 e. The number of rotatable bonds is 7. The van der Waals surface area contributed by atoms with E-state index in [1.165, 1.54) is 6.07 Å². The number of nitrogens with zero attached hydrogens (tertiary/aromatic N) is 2. The molecule has 2 aromatic heterocycles. The number of para-hydroxylation sites is 1. The summed E-state index contributed by atoms with van der Waals surface area (Å²) in [6.45, 7) is 4.46. The van der Waals surface area contributed by atoms with Gasteiger partial charge in [0.15, 0.2) is 5.76 Å². The second kappa shape index (κ2) is 8.90. The number of aromatic nitrogens is 2. The summed E-state index contributed by atoms with van der Waals surface area (Å²) in [7, 11) is 0. The van der Waals surface area contributed by atoms with Crippen LogP contribution in [0.3, 0.4) is 0 Å². The molecule has 28 heavy (non-hydrogen) atoms. The number of benzene rings is 1. The summed E-state index contributed by atoms with van der Waals surface area (Å²) >= 11 is 0. The highest BCUT2D eigenvalue weighted by Crippen LogP contribution is 2.13. The van der Waals surface area contributed by atoms with Crippen LogP contribution in [0.1, 0.15) is 34.1 Å². The maximum absolute atomic E-state index is 12.1. The zero-order valence-electron chi connectivity index (χ0n) is 15.8. The van der Waals surface area contributed by atoms with Crippen LogP contribution in [-0.4, -0.2) is 21.6 Å². The summed E-state index contributed by atoms with van der Waals surface area (Å²) in [5, 5.41) is 4.29. The number of nitrogens with one attached hydrogen (secondary N) is 2. The second-order valence-electron chi connectivity index (χ2n) is 6.27. The highest BCUT2D eigenvalue weighted by Gasteiger charge is 2.13. The molecule has 3 rings (SSSR count). The van der Waals surface area contributed by atoms with Crippen molar-refractivity contribution in [2.45, 2.75) is 33.4 Å². The van der Waals surface area contributed by atoms with Crippen molar-refractivity contribution in [2.75, 3.05) is 0 Å². The number of hydrazine groups is 1. The summed E-state index contributed by atoms with van der Waals surface area (Å²) in [6.07, 6.45) is 0.191. The molecular formula is C20H22N4O4. The van der Waals surface area contributed by atoms with Crippen LogP contribution in [0.4, 0.5) is 0 Å². The topological polar surface area (TPSA) is 98.4 Å². The largest absolute Gasteiger partial charge is 0.486 e. The molecule has 0 aliphatic rings. The lowest BCUT2D eigenvalue weighted by molar-refractivity contribution is -0.122. The molecular weight excluding hydrogens is 360 g/mol. The Morgan fingerprint density at radius 1 is 1.11 bits per heavy atom. The SMILES string of the molecule is Cc1cc(C)n(CCC(=O)NNC(=O)c2ccc(COc3ccccc3)o2)n1. The van der Waals surface area contributed by atoms with Gasteiger partial charge in [0.05, 0.1) is 12.2 Å². The number of furan rings is 1. The van der Waals surface area contributed by atoms with E-state index in [-0.39, 0.29) is 24.7 Å². The molecule has 1 aromatic carbocycles. The first kappa shape index (κ1) is 19.2. The normalized spacial score (nSPS) is 10.5.